The summed E-state index contributed by atoms with van der Waals surface area (Å²) in [5.41, 5.74) is 3.25. The summed E-state index contributed by atoms with van der Waals surface area (Å²) in [5.74, 6) is -0.0425. The third-order valence-electron chi connectivity index (χ3n) is 3.71. The molecule has 0 radical (unpaired) electrons. The molecule has 0 aromatic carbocycles. The Morgan fingerprint density at radius 2 is 2.33 bits per heavy atom. The summed E-state index contributed by atoms with van der Waals surface area (Å²) in [4.78, 5) is 16.4. The highest BCUT2D eigenvalue weighted by Crippen LogP contribution is 2.24. The van der Waals surface area contributed by atoms with Gasteiger partial charge in [-0.2, -0.15) is 0 Å². The van der Waals surface area contributed by atoms with Crippen molar-refractivity contribution in [3.05, 3.63) is 23.5 Å². The van der Waals surface area contributed by atoms with Crippen LogP contribution in [0.2, 0.25) is 0 Å². The lowest BCUT2D eigenvalue weighted by Gasteiger charge is -2.12. The zero-order chi connectivity index (χ0) is 12.5. The maximum Gasteiger partial charge on any atom is 0.253 e. The van der Waals surface area contributed by atoms with Crippen LogP contribution in [0.25, 0.3) is 0 Å². The topological polar surface area (TPSA) is 51.2 Å². The number of nitrogens with zero attached hydrogens (tertiary/aromatic N) is 1. The molecule has 2 atom stereocenters. The van der Waals surface area contributed by atoms with E-state index >= 15 is 0 Å². The van der Waals surface area contributed by atoms with Gasteiger partial charge in [0.05, 0.1) is 18.0 Å². The number of hydrogen-bond acceptors (Lipinski definition) is 3. The number of aryl methyl sites for hydroxylation is 2. The molecule has 2 unspecified atom stereocenters. The second-order valence-corrected chi connectivity index (χ2v) is 5.19. The van der Waals surface area contributed by atoms with Gasteiger partial charge >= 0.3 is 0 Å². The Bertz CT molecular complexity index is 473. The molecule has 0 spiro atoms. The number of nitrogens with one attached hydrogen (secondary N) is 1. The first-order chi connectivity index (χ1) is 8.72. The van der Waals surface area contributed by atoms with Gasteiger partial charge in [0.2, 0.25) is 0 Å². The molecule has 1 amide bonds. The van der Waals surface area contributed by atoms with Crippen LogP contribution in [0.15, 0.2) is 12.3 Å². The van der Waals surface area contributed by atoms with Crippen LogP contribution >= 0.6 is 0 Å². The van der Waals surface area contributed by atoms with Gasteiger partial charge in [-0.15, -0.1) is 0 Å². The highest BCUT2D eigenvalue weighted by atomic mass is 16.5. The monoisotopic (exact) mass is 246 g/mol. The van der Waals surface area contributed by atoms with Gasteiger partial charge in [0.25, 0.3) is 5.91 Å². The van der Waals surface area contributed by atoms with E-state index in [2.05, 4.69) is 10.3 Å². The molecule has 1 aromatic heterocycles. The average Bonchev–Trinajstić information content (AvgIpc) is 2.96. The number of pyridine rings is 1. The predicted molar refractivity (Wildman–Crippen MR) is 68.5 cm³/mol. The lowest BCUT2D eigenvalue weighted by atomic mass is 10.2. The summed E-state index contributed by atoms with van der Waals surface area (Å²) in [6.45, 7) is 2.00. The smallest absolute Gasteiger partial charge is 0.253 e. The molecular formula is C14H18N2O2. The minimum atomic E-state index is -0.298. The lowest BCUT2D eigenvalue weighted by molar-refractivity contribution is -0.126. The highest BCUT2D eigenvalue weighted by molar-refractivity contribution is 5.94. The minimum absolute atomic E-state index is 0.0425. The second kappa shape index (κ2) is 4.69. The van der Waals surface area contributed by atoms with Crippen molar-refractivity contribution >= 4 is 11.6 Å². The van der Waals surface area contributed by atoms with E-state index in [1.54, 1.807) is 6.20 Å². The second-order valence-electron chi connectivity index (χ2n) is 5.19. The molecule has 3 rings (SSSR count). The van der Waals surface area contributed by atoms with Gasteiger partial charge in [-0.25, -0.2) is 0 Å². The van der Waals surface area contributed by atoms with Crippen molar-refractivity contribution in [1.82, 2.24) is 4.98 Å². The van der Waals surface area contributed by atoms with Gasteiger partial charge in [-0.3, -0.25) is 9.78 Å². The van der Waals surface area contributed by atoms with Gasteiger partial charge in [0.15, 0.2) is 0 Å². The molecule has 96 valence electrons. The number of carbonyl (C=O) groups excluding carboxylic acids is 1. The Hall–Kier alpha value is -1.42. The van der Waals surface area contributed by atoms with E-state index in [0.29, 0.717) is 0 Å². The van der Waals surface area contributed by atoms with E-state index in [9.17, 15) is 4.79 Å². The van der Waals surface area contributed by atoms with Gasteiger partial charge < -0.3 is 10.1 Å². The van der Waals surface area contributed by atoms with Crippen molar-refractivity contribution in [2.75, 3.05) is 5.32 Å². The third-order valence-corrected chi connectivity index (χ3v) is 3.71. The standard InChI is InChI=1S/C14H18N2O2/c1-9-5-6-13(18-9)14(17)16-11-7-10-3-2-4-12(10)15-8-11/h7-9,13H,2-6H2,1H3,(H,16,17). The van der Waals surface area contributed by atoms with Crippen LogP contribution < -0.4 is 5.32 Å². The normalized spacial score (nSPS) is 26.1. The summed E-state index contributed by atoms with van der Waals surface area (Å²) >= 11 is 0. The van der Waals surface area contributed by atoms with Crippen LogP contribution in [-0.2, 0) is 22.4 Å². The molecule has 1 aliphatic heterocycles. The Balaban J connectivity index is 1.67. The SMILES string of the molecule is CC1CCC(C(=O)Nc2cnc3c(c2)CCC3)O1. The van der Waals surface area contributed by atoms with Crippen molar-refractivity contribution in [2.24, 2.45) is 0 Å². The molecule has 2 aliphatic rings. The van der Waals surface area contributed by atoms with E-state index in [-0.39, 0.29) is 18.1 Å². The summed E-state index contributed by atoms with van der Waals surface area (Å²) in [5, 5.41) is 2.91. The van der Waals surface area contributed by atoms with Crippen molar-refractivity contribution in [1.29, 1.82) is 0 Å². The van der Waals surface area contributed by atoms with E-state index in [0.717, 1.165) is 31.4 Å². The van der Waals surface area contributed by atoms with Crippen LogP contribution in [0.3, 0.4) is 0 Å². The molecule has 1 aliphatic carbocycles. The van der Waals surface area contributed by atoms with E-state index in [1.165, 1.54) is 17.7 Å². The van der Waals surface area contributed by atoms with Crippen molar-refractivity contribution in [2.45, 2.75) is 51.2 Å². The molecule has 0 bridgehead atoms. The van der Waals surface area contributed by atoms with Crippen molar-refractivity contribution in [3.8, 4) is 0 Å². The van der Waals surface area contributed by atoms with Crippen molar-refractivity contribution < 1.29 is 9.53 Å². The first-order valence-electron chi connectivity index (χ1n) is 6.66. The Morgan fingerprint density at radius 1 is 1.44 bits per heavy atom. The molecule has 1 fully saturated rings. The first kappa shape index (κ1) is 11.7. The van der Waals surface area contributed by atoms with Crippen LogP contribution in [0.1, 0.15) is 37.4 Å². The first-order valence-corrected chi connectivity index (χ1v) is 6.66. The Morgan fingerprint density at radius 3 is 3.11 bits per heavy atom. The molecule has 1 aromatic rings. The lowest BCUT2D eigenvalue weighted by Crippen LogP contribution is -2.27. The highest BCUT2D eigenvalue weighted by Gasteiger charge is 2.28. The number of amides is 1. The number of hydrogen-bond donors (Lipinski definition) is 1. The largest absolute Gasteiger partial charge is 0.365 e. The minimum Gasteiger partial charge on any atom is -0.365 e. The Kier molecular flexibility index (Phi) is 3.04. The molecule has 4 heteroatoms. The van der Waals surface area contributed by atoms with E-state index in [4.69, 9.17) is 4.74 Å². The Labute approximate surface area is 107 Å². The molecule has 4 nitrogen and oxygen atoms in total. The van der Waals surface area contributed by atoms with E-state index < -0.39 is 0 Å². The van der Waals surface area contributed by atoms with Gasteiger partial charge in [0.1, 0.15) is 6.10 Å². The molecule has 18 heavy (non-hydrogen) atoms. The fraction of sp³-hybridized carbons (Fsp3) is 0.571. The third kappa shape index (κ3) is 2.25. The zero-order valence-electron chi connectivity index (χ0n) is 10.6. The van der Waals surface area contributed by atoms with Crippen LogP contribution in [-0.4, -0.2) is 23.1 Å². The number of rotatable bonds is 2. The fourth-order valence-electron chi connectivity index (χ4n) is 2.71. The van der Waals surface area contributed by atoms with Gasteiger partial charge in [0, 0.05) is 5.69 Å². The molecule has 1 N–H and O–H groups in total. The summed E-state index contributed by atoms with van der Waals surface area (Å²) in [6, 6.07) is 2.05. The van der Waals surface area contributed by atoms with Crippen LogP contribution in [0.5, 0.6) is 0 Å². The molecule has 1 saturated heterocycles. The average molecular weight is 246 g/mol. The summed E-state index contributed by atoms with van der Waals surface area (Å²) in [6.07, 6.45) is 6.72. The van der Waals surface area contributed by atoms with Crippen LogP contribution in [0.4, 0.5) is 5.69 Å². The fourth-order valence-corrected chi connectivity index (χ4v) is 2.71. The molecular weight excluding hydrogens is 228 g/mol. The number of aromatic nitrogens is 1. The van der Waals surface area contributed by atoms with Gasteiger partial charge in [-0.1, -0.05) is 0 Å². The molecule has 0 saturated carbocycles. The summed E-state index contributed by atoms with van der Waals surface area (Å²) < 4.78 is 5.56. The maximum atomic E-state index is 12.0. The quantitative estimate of drug-likeness (QED) is 0.869. The van der Waals surface area contributed by atoms with E-state index in [1.807, 2.05) is 13.0 Å². The van der Waals surface area contributed by atoms with Crippen LogP contribution in [0, 0.1) is 0 Å². The maximum absolute atomic E-state index is 12.0. The number of carbonyl (C=O) groups is 1. The zero-order valence-corrected chi connectivity index (χ0v) is 10.6. The number of anilines is 1. The number of fused-ring (bicyclic) bond motifs is 1. The van der Waals surface area contributed by atoms with Gasteiger partial charge in [-0.05, 0) is 50.7 Å². The summed E-state index contributed by atoms with van der Waals surface area (Å²) in [7, 11) is 0. The molecule has 2 heterocycles. The van der Waals surface area contributed by atoms with Crippen molar-refractivity contribution in [3.63, 3.8) is 0 Å². The number of ether oxygens (including phenoxy) is 1. The predicted octanol–water partition coefficient (Wildman–Crippen LogP) is 2.08.